The summed E-state index contributed by atoms with van der Waals surface area (Å²) >= 11 is 0. The molecule has 0 aliphatic carbocycles. The van der Waals surface area contributed by atoms with Crippen LogP contribution in [0.25, 0.3) is 0 Å². The molecule has 0 bridgehead atoms. The summed E-state index contributed by atoms with van der Waals surface area (Å²) in [6.45, 7) is 9.59. The highest BCUT2D eigenvalue weighted by molar-refractivity contribution is 5.84. The van der Waals surface area contributed by atoms with Crippen molar-refractivity contribution in [1.29, 1.82) is 0 Å². The number of likely N-dealkylation sites (N-methyl/N-ethyl adjacent to an activating group) is 1. The number of carbonyl (C=O) groups is 1. The van der Waals surface area contributed by atoms with Crippen LogP contribution < -0.4 is 10.6 Å². The predicted molar refractivity (Wildman–Crippen MR) is 110 cm³/mol. The number of nitrogens with one attached hydrogen (secondary N) is 2. The van der Waals surface area contributed by atoms with Crippen LogP contribution in [0.3, 0.4) is 0 Å². The molecule has 1 heterocycles. The number of hydrogen-bond donors (Lipinski definition) is 2. The first-order chi connectivity index (χ1) is 13.0. The molecule has 1 amide bonds. The third-order valence-corrected chi connectivity index (χ3v) is 5.06. The van der Waals surface area contributed by atoms with Crippen LogP contribution in [-0.4, -0.2) is 75.9 Å². The Bertz CT molecular complexity index is 439. The Kier molecular flexibility index (Phi) is 12.1. The minimum Gasteiger partial charge on any atom is -0.382 e. The lowest BCUT2D eigenvalue weighted by Gasteiger charge is -2.35. The van der Waals surface area contributed by atoms with Gasteiger partial charge in [0.1, 0.15) is 6.54 Å². The molecule has 158 valence electrons. The zero-order valence-corrected chi connectivity index (χ0v) is 17.9. The molecule has 2 atom stereocenters. The fourth-order valence-corrected chi connectivity index (χ4v) is 3.26. The molecule has 1 fully saturated rings. The normalized spacial score (nSPS) is 20.6. The van der Waals surface area contributed by atoms with Gasteiger partial charge in [-0.1, -0.05) is 26.7 Å². The Hall–Kier alpha value is -1.34. The second-order valence-corrected chi connectivity index (χ2v) is 7.28. The average molecular weight is 385 g/mol. The monoisotopic (exact) mass is 384 g/mol. The van der Waals surface area contributed by atoms with E-state index in [1.807, 2.05) is 6.92 Å². The molecule has 0 saturated carbocycles. The van der Waals surface area contributed by atoms with Crippen LogP contribution in [0.5, 0.6) is 0 Å². The van der Waals surface area contributed by atoms with Crippen LogP contribution in [0.1, 0.15) is 52.9 Å². The summed E-state index contributed by atoms with van der Waals surface area (Å²) in [5.74, 6) is 1.30. The zero-order chi connectivity index (χ0) is 20.1. The van der Waals surface area contributed by atoms with Gasteiger partial charge in [-0.25, -0.2) is 4.99 Å². The fourth-order valence-electron chi connectivity index (χ4n) is 3.26. The van der Waals surface area contributed by atoms with Crippen molar-refractivity contribution in [3.05, 3.63) is 0 Å². The molecule has 0 aromatic rings. The van der Waals surface area contributed by atoms with E-state index in [0.717, 1.165) is 58.5 Å². The largest absolute Gasteiger partial charge is 0.382 e. The van der Waals surface area contributed by atoms with Crippen molar-refractivity contribution < 1.29 is 14.3 Å². The van der Waals surface area contributed by atoms with Crippen LogP contribution in [0.4, 0.5) is 0 Å². The highest BCUT2D eigenvalue weighted by Gasteiger charge is 2.28. The van der Waals surface area contributed by atoms with E-state index in [9.17, 15) is 4.79 Å². The topological polar surface area (TPSA) is 75.2 Å². The van der Waals surface area contributed by atoms with E-state index in [-0.39, 0.29) is 12.5 Å². The number of amides is 1. The molecule has 1 rings (SSSR count). The van der Waals surface area contributed by atoms with Crippen LogP contribution in [0, 0.1) is 5.92 Å². The van der Waals surface area contributed by atoms with Crippen molar-refractivity contribution in [1.82, 2.24) is 15.5 Å². The maximum absolute atomic E-state index is 11.9. The van der Waals surface area contributed by atoms with Gasteiger partial charge in [0.25, 0.3) is 0 Å². The Morgan fingerprint density at radius 3 is 2.67 bits per heavy atom. The zero-order valence-electron chi connectivity index (χ0n) is 17.9. The minimum atomic E-state index is -0.00713. The summed E-state index contributed by atoms with van der Waals surface area (Å²) in [4.78, 5) is 17.9. The number of carbonyl (C=O) groups excluding carboxylic acids is 1. The lowest BCUT2D eigenvalue weighted by molar-refractivity contribution is -0.127. The van der Waals surface area contributed by atoms with E-state index < -0.39 is 0 Å². The third kappa shape index (κ3) is 9.42. The Morgan fingerprint density at radius 1 is 1.30 bits per heavy atom. The van der Waals surface area contributed by atoms with Crippen LogP contribution >= 0.6 is 0 Å². The summed E-state index contributed by atoms with van der Waals surface area (Å²) in [6, 6.07) is 0.317. The molecule has 27 heavy (non-hydrogen) atoms. The Balaban J connectivity index is 2.62. The number of hydrogen-bond acceptors (Lipinski definition) is 4. The summed E-state index contributed by atoms with van der Waals surface area (Å²) < 4.78 is 11.4. The van der Waals surface area contributed by atoms with Gasteiger partial charge in [-0.05, 0) is 32.1 Å². The van der Waals surface area contributed by atoms with E-state index in [0.29, 0.717) is 24.0 Å². The lowest BCUT2D eigenvalue weighted by atomic mass is 9.89. The molecule has 2 N–H and O–H groups in total. The molecule has 0 radical (unpaired) electrons. The van der Waals surface area contributed by atoms with E-state index in [4.69, 9.17) is 9.47 Å². The van der Waals surface area contributed by atoms with Gasteiger partial charge >= 0.3 is 0 Å². The number of aliphatic imine (C=N–C) groups is 1. The predicted octanol–water partition coefficient (Wildman–Crippen LogP) is 2.02. The van der Waals surface area contributed by atoms with Crippen LogP contribution in [0.15, 0.2) is 4.99 Å². The first-order valence-electron chi connectivity index (χ1n) is 10.5. The molecule has 1 aliphatic heterocycles. The molecule has 1 saturated heterocycles. The van der Waals surface area contributed by atoms with E-state index in [1.165, 1.54) is 0 Å². The van der Waals surface area contributed by atoms with Crippen molar-refractivity contribution in [2.75, 3.05) is 47.0 Å². The highest BCUT2D eigenvalue weighted by Crippen LogP contribution is 2.25. The first-order valence-corrected chi connectivity index (χ1v) is 10.5. The summed E-state index contributed by atoms with van der Waals surface area (Å²) in [6.07, 6.45) is 5.42. The van der Waals surface area contributed by atoms with Gasteiger partial charge in [-0.15, -0.1) is 0 Å². The number of nitrogens with zero attached hydrogens (tertiary/aromatic N) is 2. The van der Waals surface area contributed by atoms with Crippen LogP contribution in [0.2, 0.25) is 0 Å². The standard InChI is InChI=1S/C20H40N4O3/c1-6-16(7-2)18-14-17(10-13-27-18)23-20(21-11-9-12-26-8-3)22-15-19(25)24(4)5/h16-18H,6-15H2,1-5H3,(H2,21,22,23). The van der Waals surface area contributed by atoms with E-state index in [1.54, 1.807) is 19.0 Å². The molecule has 0 spiro atoms. The minimum absolute atomic E-state index is 0.00713. The molecule has 2 unspecified atom stereocenters. The molecule has 7 heteroatoms. The SMILES string of the molecule is CCOCCCNC(=NCC(=O)N(C)C)NC1CCOC(C(CC)CC)C1. The van der Waals surface area contributed by atoms with Gasteiger partial charge < -0.3 is 25.0 Å². The van der Waals surface area contributed by atoms with Crippen molar-refractivity contribution in [2.24, 2.45) is 10.9 Å². The summed E-state index contributed by atoms with van der Waals surface area (Å²) in [7, 11) is 3.50. The number of ether oxygens (including phenoxy) is 2. The lowest BCUT2D eigenvalue weighted by Crippen LogP contribution is -2.49. The highest BCUT2D eigenvalue weighted by atomic mass is 16.5. The molecular weight excluding hydrogens is 344 g/mol. The van der Waals surface area contributed by atoms with Gasteiger partial charge in [-0.2, -0.15) is 0 Å². The Morgan fingerprint density at radius 2 is 2.04 bits per heavy atom. The van der Waals surface area contributed by atoms with Crippen LogP contribution in [-0.2, 0) is 14.3 Å². The smallest absolute Gasteiger partial charge is 0.243 e. The van der Waals surface area contributed by atoms with Crippen molar-refractivity contribution in [3.63, 3.8) is 0 Å². The van der Waals surface area contributed by atoms with E-state index in [2.05, 4.69) is 29.5 Å². The quantitative estimate of drug-likeness (QED) is 0.324. The number of guanidine groups is 1. The third-order valence-electron chi connectivity index (χ3n) is 5.06. The Labute approximate surface area is 165 Å². The maximum Gasteiger partial charge on any atom is 0.243 e. The molecular formula is C20H40N4O3. The van der Waals surface area contributed by atoms with Gasteiger partial charge in [0.2, 0.25) is 5.91 Å². The second kappa shape index (κ2) is 13.8. The summed E-state index contributed by atoms with van der Waals surface area (Å²) in [5.41, 5.74) is 0. The van der Waals surface area contributed by atoms with Gasteiger partial charge in [0, 0.05) is 46.5 Å². The second-order valence-electron chi connectivity index (χ2n) is 7.28. The van der Waals surface area contributed by atoms with Gasteiger partial charge in [0.15, 0.2) is 5.96 Å². The molecule has 0 aromatic heterocycles. The van der Waals surface area contributed by atoms with Crippen molar-refractivity contribution >= 4 is 11.9 Å². The molecule has 1 aliphatic rings. The summed E-state index contributed by atoms with van der Waals surface area (Å²) in [5, 5.41) is 6.86. The van der Waals surface area contributed by atoms with Gasteiger partial charge in [-0.3, -0.25) is 4.79 Å². The van der Waals surface area contributed by atoms with E-state index >= 15 is 0 Å². The maximum atomic E-state index is 11.9. The molecule has 7 nitrogen and oxygen atoms in total. The number of rotatable bonds is 11. The van der Waals surface area contributed by atoms with Crippen molar-refractivity contribution in [2.45, 2.75) is 65.0 Å². The van der Waals surface area contributed by atoms with Gasteiger partial charge in [0.05, 0.1) is 6.10 Å². The average Bonchev–Trinajstić information content (AvgIpc) is 2.66. The fraction of sp³-hybridized carbons (Fsp3) is 0.900. The van der Waals surface area contributed by atoms with Crippen molar-refractivity contribution in [3.8, 4) is 0 Å². The molecule has 0 aromatic carbocycles. The first kappa shape index (κ1) is 23.7.